The molecule has 10 fully saturated rings. The first-order valence-corrected chi connectivity index (χ1v) is 11.7. The quantitative estimate of drug-likeness (QED) is 0.646. The van der Waals surface area contributed by atoms with E-state index in [-0.39, 0.29) is 11.4 Å². The van der Waals surface area contributed by atoms with Gasteiger partial charge in [-0.15, -0.1) is 0 Å². The van der Waals surface area contributed by atoms with Gasteiger partial charge >= 0.3 is 0 Å². The average Bonchev–Trinajstić information content (AvgIpc) is 3.34. The zero-order valence-electron chi connectivity index (χ0n) is 15.3. The summed E-state index contributed by atoms with van der Waals surface area (Å²) in [5, 5.41) is 0. The maximum absolute atomic E-state index is 7.39. The van der Waals surface area contributed by atoms with Gasteiger partial charge in [-0.05, 0) is 67.6 Å². The van der Waals surface area contributed by atoms with Gasteiger partial charge < -0.3 is 9.47 Å². The summed E-state index contributed by atoms with van der Waals surface area (Å²) in [6.07, 6.45) is 16.1. The first-order valence-electron chi connectivity index (χ1n) is 11.7. The molecule has 0 amide bonds. The van der Waals surface area contributed by atoms with E-state index in [0.717, 1.165) is 47.5 Å². The average molecular weight is 338 g/mol. The normalized spacial score (nSPS) is 73.9. The van der Waals surface area contributed by atoms with Crippen molar-refractivity contribution in [3.63, 3.8) is 0 Å². The van der Waals surface area contributed by atoms with Crippen molar-refractivity contribution < 1.29 is 9.47 Å². The zero-order valence-corrected chi connectivity index (χ0v) is 15.3. The monoisotopic (exact) mass is 338 g/mol. The third-order valence-electron chi connectivity index (χ3n) is 12.5. The summed E-state index contributed by atoms with van der Waals surface area (Å²) in [5.41, 5.74) is 2.06. The summed E-state index contributed by atoms with van der Waals surface area (Å²) in [6.45, 7) is 0.985. The lowest BCUT2D eigenvalue weighted by Gasteiger charge is -2.68. The SMILES string of the molecule is C1CCC23C4C5C6C7C(C4C24CCCCC74OC63OC1)C51CCCC1. The van der Waals surface area contributed by atoms with Gasteiger partial charge in [0.25, 0.3) is 0 Å². The molecule has 3 heterocycles. The molecule has 5 spiro atoms. The van der Waals surface area contributed by atoms with E-state index in [1.165, 1.54) is 57.8 Å². The van der Waals surface area contributed by atoms with E-state index in [9.17, 15) is 0 Å². The van der Waals surface area contributed by atoms with Crippen molar-refractivity contribution >= 4 is 0 Å². The molecule has 7 aliphatic carbocycles. The summed E-state index contributed by atoms with van der Waals surface area (Å²) in [6, 6.07) is 0. The topological polar surface area (TPSA) is 18.5 Å². The van der Waals surface area contributed by atoms with Gasteiger partial charge in [0.1, 0.15) is 0 Å². The minimum absolute atomic E-state index is 0.106. The highest BCUT2D eigenvalue weighted by atomic mass is 16.7. The molecule has 4 bridgehead atoms. The van der Waals surface area contributed by atoms with Crippen LogP contribution in [-0.4, -0.2) is 18.0 Å². The second-order valence-electron chi connectivity index (χ2n) is 11.7. The second-order valence-corrected chi connectivity index (χ2v) is 11.7. The van der Waals surface area contributed by atoms with E-state index in [1.807, 2.05) is 0 Å². The fourth-order valence-electron chi connectivity index (χ4n) is 13.2. The van der Waals surface area contributed by atoms with E-state index < -0.39 is 0 Å². The van der Waals surface area contributed by atoms with Gasteiger partial charge in [0.15, 0.2) is 5.79 Å². The molecule has 3 saturated heterocycles. The zero-order chi connectivity index (χ0) is 15.9. The van der Waals surface area contributed by atoms with Crippen LogP contribution in [0.2, 0.25) is 0 Å². The highest BCUT2D eigenvalue weighted by molar-refractivity contribution is 5.53. The van der Waals surface area contributed by atoms with Crippen LogP contribution >= 0.6 is 0 Å². The molecular weight excluding hydrogens is 308 g/mol. The molecule has 134 valence electrons. The van der Waals surface area contributed by atoms with Crippen LogP contribution in [0, 0.1) is 51.8 Å². The summed E-state index contributed by atoms with van der Waals surface area (Å²) in [7, 11) is 0. The van der Waals surface area contributed by atoms with E-state index >= 15 is 0 Å². The van der Waals surface area contributed by atoms with Gasteiger partial charge in [-0.2, -0.15) is 0 Å². The predicted octanol–water partition coefficient (Wildman–Crippen LogP) is 4.52. The first kappa shape index (κ1) is 13.2. The molecule has 0 radical (unpaired) electrons. The van der Waals surface area contributed by atoms with Gasteiger partial charge in [-0.3, -0.25) is 0 Å². The fourth-order valence-corrected chi connectivity index (χ4v) is 13.2. The Hall–Kier alpha value is -0.0800. The van der Waals surface area contributed by atoms with Gasteiger partial charge in [-0.1, -0.05) is 32.1 Å². The third kappa shape index (κ3) is 0.786. The Morgan fingerprint density at radius 1 is 0.560 bits per heavy atom. The molecule has 2 heteroatoms. The molecule has 2 nitrogen and oxygen atoms in total. The van der Waals surface area contributed by atoms with E-state index in [0.29, 0.717) is 10.8 Å². The molecule has 10 atom stereocenters. The van der Waals surface area contributed by atoms with Crippen molar-refractivity contribution in [1.29, 1.82) is 0 Å². The lowest BCUT2D eigenvalue weighted by molar-refractivity contribution is -0.287. The molecule has 3 aliphatic heterocycles. The van der Waals surface area contributed by atoms with Crippen LogP contribution in [-0.2, 0) is 9.47 Å². The molecule has 0 aromatic carbocycles. The van der Waals surface area contributed by atoms with Crippen LogP contribution in [0.1, 0.15) is 70.6 Å². The van der Waals surface area contributed by atoms with Crippen LogP contribution < -0.4 is 0 Å². The number of hydrogen-bond acceptors (Lipinski definition) is 2. The molecule has 10 aliphatic rings. The van der Waals surface area contributed by atoms with Crippen LogP contribution in [0.15, 0.2) is 0 Å². The summed E-state index contributed by atoms with van der Waals surface area (Å²) >= 11 is 0. The highest BCUT2D eigenvalue weighted by Crippen LogP contribution is 3.06. The Morgan fingerprint density at radius 2 is 1.24 bits per heavy atom. The highest BCUT2D eigenvalue weighted by Gasteiger charge is 3.09. The largest absolute Gasteiger partial charge is 0.349 e. The van der Waals surface area contributed by atoms with Crippen molar-refractivity contribution in [3.05, 3.63) is 0 Å². The van der Waals surface area contributed by atoms with Gasteiger partial charge in [0, 0.05) is 22.7 Å². The third-order valence-corrected chi connectivity index (χ3v) is 12.5. The first-order chi connectivity index (χ1) is 12.3. The van der Waals surface area contributed by atoms with Crippen LogP contribution in [0.5, 0.6) is 0 Å². The molecule has 0 aromatic heterocycles. The minimum Gasteiger partial charge on any atom is -0.349 e. The molecule has 25 heavy (non-hydrogen) atoms. The lowest BCUT2D eigenvalue weighted by atomic mass is 9.33. The number of rotatable bonds is 0. The molecule has 0 N–H and O–H groups in total. The standard InChI is InChI=1S/C23H30O2/c1-2-8-19(7-1)13-15-16-14(19)18-17(13)22-11-4-3-9-20(15,22)21(16)10-5-6-12-24-23(18,21)25-22/h13-18H,1-12H2. The Balaban J connectivity index is 1.42. The van der Waals surface area contributed by atoms with Crippen molar-refractivity contribution in [2.24, 2.45) is 51.8 Å². The van der Waals surface area contributed by atoms with E-state index in [2.05, 4.69) is 0 Å². The van der Waals surface area contributed by atoms with Crippen LogP contribution in [0.4, 0.5) is 0 Å². The summed E-state index contributed by atoms with van der Waals surface area (Å²) in [5.74, 6) is 5.73. The maximum atomic E-state index is 7.39. The van der Waals surface area contributed by atoms with Gasteiger partial charge in [-0.25, -0.2) is 0 Å². The van der Waals surface area contributed by atoms with Crippen molar-refractivity contribution in [2.45, 2.75) is 82.0 Å². The molecule has 0 aromatic rings. The van der Waals surface area contributed by atoms with Gasteiger partial charge in [0.05, 0.1) is 12.2 Å². The molecular formula is C23H30O2. The minimum atomic E-state index is -0.106. The number of ether oxygens (including phenoxy) is 2. The Kier molecular flexibility index (Phi) is 1.72. The second kappa shape index (κ2) is 3.28. The molecule has 7 saturated carbocycles. The Morgan fingerprint density at radius 3 is 2.16 bits per heavy atom. The van der Waals surface area contributed by atoms with Crippen LogP contribution in [0.3, 0.4) is 0 Å². The summed E-state index contributed by atoms with van der Waals surface area (Å²) < 4.78 is 14.3. The van der Waals surface area contributed by atoms with E-state index in [4.69, 9.17) is 9.47 Å². The fraction of sp³-hybridized carbons (Fsp3) is 1.00. The van der Waals surface area contributed by atoms with Crippen LogP contribution in [0.25, 0.3) is 0 Å². The Bertz CT molecular complexity index is 740. The van der Waals surface area contributed by atoms with E-state index in [1.54, 1.807) is 12.8 Å². The lowest BCUT2D eigenvalue weighted by Crippen LogP contribution is -2.70. The van der Waals surface area contributed by atoms with Crippen molar-refractivity contribution in [1.82, 2.24) is 0 Å². The van der Waals surface area contributed by atoms with Crippen molar-refractivity contribution in [3.8, 4) is 0 Å². The Labute approximate surface area is 150 Å². The smallest absolute Gasteiger partial charge is 0.179 e. The molecule has 10 unspecified atom stereocenters. The maximum Gasteiger partial charge on any atom is 0.179 e. The summed E-state index contributed by atoms with van der Waals surface area (Å²) in [4.78, 5) is 0. The van der Waals surface area contributed by atoms with Crippen molar-refractivity contribution in [2.75, 3.05) is 6.61 Å². The number of hydrogen-bond donors (Lipinski definition) is 0. The molecule has 10 rings (SSSR count). The van der Waals surface area contributed by atoms with Gasteiger partial charge in [0.2, 0.25) is 0 Å². The predicted molar refractivity (Wildman–Crippen MR) is 91.5 cm³/mol.